The minimum atomic E-state index is -3.20. The molecule has 2 fully saturated rings. The molecule has 0 aromatic heterocycles. The van der Waals surface area contributed by atoms with Crippen LogP contribution in [0.5, 0.6) is 0 Å². The number of hydrogen-bond donors (Lipinski definition) is 2. The zero-order chi connectivity index (χ0) is 14.8. The van der Waals surface area contributed by atoms with E-state index >= 15 is 0 Å². The first-order chi connectivity index (χ1) is 9.35. The lowest BCUT2D eigenvalue weighted by Gasteiger charge is -2.37. The molecule has 3 atom stereocenters. The van der Waals surface area contributed by atoms with Crippen molar-refractivity contribution in [2.75, 3.05) is 25.9 Å². The molecule has 116 valence electrons. The maximum atomic E-state index is 12.5. The van der Waals surface area contributed by atoms with Crippen LogP contribution in [0.4, 0.5) is 0 Å². The summed E-state index contributed by atoms with van der Waals surface area (Å²) < 4.78 is 25.2. The van der Waals surface area contributed by atoms with Gasteiger partial charge in [0, 0.05) is 31.1 Å². The number of carbonyl (C=O) groups is 1. The summed E-state index contributed by atoms with van der Waals surface area (Å²) >= 11 is 0. The molecule has 7 heteroatoms. The second kappa shape index (κ2) is 6.41. The van der Waals surface area contributed by atoms with Gasteiger partial charge in [0.15, 0.2) is 0 Å². The smallest absolute Gasteiger partial charge is 0.225 e. The van der Waals surface area contributed by atoms with E-state index in [0.717, 1.165) is 38.8 Å². The minimum Gasteiger partial charge on any atom is -0.341 e. The van der Waals surface area contributed by atoms with Crippen molar-refractivity contribution in [1.82, 2.24) is 14.9 Å². The third-order valence-electron chi connectivity index (χ3n) is 4.09. The molecule has 0 saturated carbocycles. The van der Waals surface area contributed by atoms with Gasteiger partial charge in [-0.15, -0.1) is 0 Å². The third-order valence-corrected chi connectivity index (χ3v) is 4.85. The van der Waals surface area contributed by atoms with Crippen LogP contribution in [0.3, 0.4) is 0 Å². The van der Waals surface area contributed by atoms with E-state index < -0.39 is 10.0 Å². The highest BCUT2D eigenvalue weighted by Gasteiger charge is 2.31. The van der Waals surface area contributed by atoms with Gasteiger partial charge in [0.2, 0.25) is 15.9 Å². The van der Waals surface area contributed by atoms with Crippen LogP contribution >= 0.6 is 0 Å². The van der Waals surface area contributed by atoms with Crippen molar-refractivity contribution in [3.05, 3.63) is 0 Å². The van der Waals surface area contributed by atoms with Crippen molar-refractivity contribution in [2.24, 2.45) is 5.92 Å². The fraction of sp³-hybridized carbons (Fsp3) is 0.923. The summed E-state index contributed by atoms with van der Waals surface area (Å²) in [5, 5.41) is 3.35. The standard InChI is InChI=1S/C13H25N3O3S/c1-10-8-11(5-6-14-10)13(17)16-7-3-4-12(9-16)15-20(2,18)19/h10-12,14-15H,3-9H2,1-2H3. The summed E-state index contributed by atoms with van der Waals surface area (Å²) in [4.78, 5) is 14.4. The maximum absolute atomic E-state index is 12.5. The molecule has 0 spiro atoms. The zero-order valence-electron chi connectivity index (χ0n) is 12.3. The van der Waals surface area contributed by atoms with Gasteiger partial charge in [0.25, 0.3) is 0 Å². The molecule has 2 N–H and O–H groups in total. The van der Waals surface area contributed by atoms with Crippen molar-refractivity contribution in [3.63, 3.8) is 0 Å². The van der Waals surface area contributed by atoms with E-state index in [4.69, 9.17) is 0 Å². The van der Waals surface area contributed by atoms with E-state index in [1.165, 1.54) is 6.26 Å². The van der Waals surface area contributed by atoms with Gasteiger partial charge in [-0.25, -0.2) is 13.1 Å². The Labute approximate surface area is 121 Å². The maximum Gasteiger partial charge on any atom is 0.225 e. The van der Waals surface area contributed by atoms with Crippen LogP contribution in [-0.4, -0.2) is 57.2 Å². The number of sulfonamides is 1. The molecule has 20 heavy (non-hydrogen) atoms. The fourth-order valence-corrected chi connectivity index (χ4v) is 3.99. The Morgan fingerprint density at radius 2 is 2.10 bits per heavy atom. The largest absolute Gasteiger partial charge is 0.341 e. The average Bonchev–Trinajstić information content (AvgIpc) is 2.36. The van der Waals surface area contributed by atoms with Crippen molar-refractivity contribution in [3.8, 4) is 0 Å². The topological polar surface area (TPSA) is 78.5 Å². The summed E-state index contributed by atoms with van der Waals surface area (Å²) in [5.74, 6) is 0.279. The van der Waals surface area contributed by atoms with E-state index in [0.29, 0.717) is 12.6 Å². The highest BCUT2D eigenvalue weighted by molar-refractivity contribution is 7.88. The van der Waals surface area contributed by atoms with Crippen molar-refractivity contribution in [2.45, 2.75) is 44.7 Å². The fourth-order valence-electron chi connectivity index (χ4n) is 3.19. The van der Waals surface area contributed by atoms with Crippen LogP contribution in [0.25, 0.3) is 0 Å². The molecule has 2 aliphatic rings. The summed E-state index contributed by atoms with van der Waals surface area (Å²) in [6.45, 7) is 4.24. The lowest BCUT2D eigenvalue weighted by Crippen LogP contribution is -2.52. The number of hydrogen-bond acceptors (Lipinski definition) is 4. The van der Waals surface area contributed by atoms with E-state index in [-0.39, 0.29) is 17.9 Å². The Balaban J connectivity index is 1.92. The zero-order valence-corrected chi connectivity index (χ0v) is 13.1. The number of carbonyl (C=O) groups excluding carboxylic acids is 1. The Kier molecular flexibility index (Phi) is 5.04. The van der Waals surface area contributed by atoms with Crippen LogP contribution in [0.15, 0.2) is 0 Å². The summed E-state index contributed by atoms with van der Waals surface area (Å²) in [5.41, 5.74) is 0. The number of piperidine rings is 2. The first-order valence-electron chi connectivity index (χ1n) is 7.34. The molecule has 0 aliphatic carbocycles. The summed E-state index contributed by atoms with van der Waals surface area (Å²) in [6.07, 6.45) is 4.59. The van der Waals surface area contributed by atoms with Gasteiger partial charge < -0.3 is 10.2 Å². The third kappa shape index (κ3) is 4.43. The number of likely N-dealkylation sites (tertiary alicyclic amines) is 1. The van der Waals surface area contributed by atoms with Gasteiger partial charge in [-0.1, -0.05) is 0 Å². The van der Waals surface area contributed by atoms with Gasteiger partial charge in [-0.2, -0.15) is 0 Å². The molecule has 2 saturated heterocycles. The first-order valence-corrected chi connectivity index (χ1v) is 9.24. The van der Waals surface area contributed by atoms with Crippen LogP contribution in [0.1, 0.15) is 32.6 Å². The number of nitrogens with one attached hydrogen (secondary N) is 2. The Hall–Kier alpha value is -0.660. The van der Waals surface area contributed by atoms with E-state index in [1.54, 1.807) is 0 Å². The second-order valence-electron chi connectivity index (χ2n) is 6.09. The molecule has 0 aromatic rings. The molecule has 0 aromatic carbocycles. The molecule has 2 heterocycles. The summed E-state index contributed by atoms with van der Waals surface area (Å²) in [7, 11) is -3.20. The van der Waals surface area contributed by atoms with Crippen molar-refractivity contribution >= 4 is 15.9 Å². The van der Waals surface area contributed by atoms with Crippen molar-refractivity contribution < 1.29 is 13.2 Å². The highest BCUT2D eigenvalue weighted by Crippen LogP contribution is 2.21. The highest BCUT2D eigenvalue weighted by atomic mass is 32.2. The van der Waals surface area contributed by atoms with Gasteiger partial charge in [0.1, 0.15) is 0 Å². The van der Waals surface area contributed by atoms with Crippen LogP contribution < -0.4 is 10.0 Å². The monoisotopic (exact) mass is 303 g/mol. The second-order valence-corrected chi connectivity index (χ2v) is 7.87. The van der Waals surface area contributed by atoms with Gasteiger partial charge >= 0.3 is 0 Å². The molecule has 6 nitrogen and oxygen atoms in total. The Morgan fingerprint density at radius 1 is 1.35 bits per heavy atom. The van der Waals surface area contributed by atoms with Gasteiger partial charge in [-0.05, 0) is 39.2 Å². The Morgan fingerprint density at radius 3 is 2.75 bits per heavy atom. The van der Waals surface area contributed by atoms with Crippen LogP contribution in [0.2, 0.25) is 0 Å². The quantitative estimate of drug-likeness (QED) is 0.764. The molecule has 2 rings (SSSR count). The molecule has 0 radical (unpaired) electrons. The predicted octanol–water partition coefficient (Wildman–Crippen LogP) is -0.0853. The van der Waals surface area contributed by atoms with Crippen LogP contribution in [0, 0.1) is 5.92 Å². The molecule has 1 amide bonds. The predicted molar refractivity (Wildman–Crippen MR) is 77.8 cm³/mol. The lowest BCUT2D eigenvalue weighted by atomic mass is 9.91. The van der Waals surface area contributed by atoms with E-state index in [2.05, 4.69) is 17.0 Å². The molecular weight excluding hydrogens is 278 g/mol. The van der Waals surface area contributed by atoms with Crippen LogP contribution in [-0.2, 0) is 14.8 Å². The Bertz CT molecular complexity index is 452. The number of nitrogens with zero attached hydrogens (tertiary/aromatic N) is 1. The van der Waals surface area contributed by atoms with Gasteiger partial charge in [0.05, 0.1) is 6.26 Å². The van der Waals surface area contributed by atoms with Crippen molar-refractivity contribution in [1.29, 1.82) is 0 Å². The first kappa shape index (κ1) is 15.7. The summed E-state index contributed by atoms with van der Waals surface area (Å²) in [6, 6.07) is 0.245. The minimum absolute atomic E-state index is 0.0863. The average molecular weight is 303 g/mol. The normalized spacial score (nSPS) is 32.1. The van der Waals surface area contributed by atoms with E-state index in [9.17, 15) is 13.2 Å². The number of rotatable bonds is 3. The van der Waals surface area contributed by atoms with Gasteiger partial charge in [-0.3, -0.25) is 4.79 Å². The SMILES string of the molecule is CC1CC(C(=O)N2CCCC(NS(C)(=O)=O)C2)CCN1. The number of amides is 1. The molecule has 3 unspecified atom stereocenters. The van der Waals surface area contributed by atoms with E-state index in [1.807, 2.05) is 4.90 Å². The molecule has 2 aliphatic heterocycles. The molecule has 0 bridgehead atoms. The molecular formula is C13H25N3O3S. The lowest BCUT2D eigenvalue weighted by molar-refractivity contribution is -0.138.